The van der Waals surface area contributed by atoms with Gasteiger partial charge in [0.2, 0.25) is 5.91 Å². The molecule has 2 unspecified atom stereocenters. The number of likely N-dealkylation sites (tertiary alicyclic amines) is 1. The van der Waals surface area contributed by atoms with Gasteiger partial charge >= 0.3 is 0 Å². The lowest BCUT2D eigenvalue weighted by Crippen LogP contribution is -2.42. The molecule has 0 aliphatic carbocycles. The van der Waals surface area contributed by atoms with Crippen LogP contribution in [0.4, 0.5) is 0 Å². The maximum Gasteiger partial charge on any atom is 0.239 e. The molecule has 4 nitrogen and oxygen atoms in total. The Morgan fingerprint density at radius 2 is 2.07 bits per heavy atom. The smallest absolute Gasteiger partial charge is 0.239 e. The fourth-order valence-electron chi connectivity index (χ4n) is 2.09. The minimum absolute atomic E-state index is 0.0706. The summed E-state index contributed by atoms with van der Waals surface area (Å²) in [5.41, 5.74) is 5.58. The van der Waals surface area contributed by atoms with E-state index in [1.165, 1.54) is 0 Å². The number of nitrogens with zero attached hydrogens (tertiary/aromatic N) is 2. The first-order valence-corrected chi connectivity index (χ1v) is 5.14. The Balaban J connectivity index is 2.59. The van der Waals surface area contributed by atoms with Crippen LogP contribution in [0.25, 0.3) is 0 Å². The predicted octanol–water partition coefficient (Wildman–Crippen LogP) is -0.258. The zero-order valence-electron chi connectivity index (χ0n) is 9.53. The standard InChI is InChI=1S/C10H21N3O/c1-7-5-13(10(14)8(2)11)6-9(7)12(3)4/h7-9H,5-6,11H2,1-4H3/t7?,8-,9?/m0/s1. The van der Waals surface area contributed by atoms with Crippen LogP contribution in [0.3, 0.4) is 0 Å². The summed E-state index contributed by atoms with van der Waals surface area (Å²) in [5.74, 6) is 0.605. The molecule has 82 valence electrons. The van der Waals surface area contributed by atoms with Gasteiger partial charge < -0.3 is 15.5 Å². The highest BCUT2D eigenvalue weighted by atomic mass is 16.2. The van der Waals surface area contributed by atoms with Crippen molar-refractivity contribution in [3.05, 3.63) is 0 Å². The van der Waals surface area contributed by atoms with Crippen LogP contribution in [0.15, 0.2) is 0 Å². The summed E-state index contributed by atoms with van der Waals surface area (Å²) in [6.07, 6.45) is 0. The average molecular weight is 199 g/mol. The molecule has 0 bridgehead atoms. The van der Waals surface area contributed by atoms with Gasteiger partial charge in [0.15, 0.2) is 0 Å². The fourth-order valence-corrected chi connectivity index (χ4v) is 2.09. The number of likely N-dealkylation sites (N-methyl/N-ethyl adjacent to an activating group) is 1. The molecular weight excluding hydrogens is 178 g/mol. The summed E-state index contributed by atoms with van der Waals surface area (Å²) < 4.78 is 0. The zero-order valence-corrected chi connectivity index (χ0v) is 9.53. The Kier molecular flexibility index (Phi) is 3.50. The van der Waals surface area contributed by atoms with E-state index in [2.05, 4.69) is 25.9 Å². The van der Waals surface area contributed by atoms with E-state index in [1.807, 2.05) is 4.90 Å². The third-order valence-corrected chi connectivity index (χ3v) is 2.94. The Labute approximate surface area is 86.0 Å². The maximum atomic E-state index is 11.6. The highest BCUT2D eigenvalue weighted by molar-refractivity contribution is 5.81. The molecule has 1 saturated heterocycles. The van der Waals surface area contributed by atoms with Crippen LogP contribution < -0.4 is 5.73 Å². The summed E-state index contributed by atoms with van der Waals surface area (Å²) in [5, 5.41) is 0. The molecule has 1 aliphatic rings. The van der Waals surface area contributed by atoms with Gasteiger partial charge in [-0.1, -0.05) is 6.92 Å². The lowest BCUT2D eigenvalue weighted by Gasteiger charge is -2.22. The Hall–Kier alpha value is -0.610. The van der Waals surface area contributed by atoms with E-state index in [4.69, 9.17) is 5.73 Å². The molecule has 2 N–H and O–H groups in total. The third-order valence-electron chi connectivity index (χ3n) is 2.94. The third kappa shape index (κ3) is 2.25. The van der Waals surface area contributed by atoms with Gasteiger partial charge in [-0.3, -0.25) is 4.79 Å². The second kappa shape index (κ2) is 4.28. The van der Waals surface area contributed by atoms with Crippen molar-refractivity contribution < 1.29 is 4.79 Å². The second-order valence-electron chi connectivity index (χ2n) is 4.54. The summed E-state index contributed by atoms with van der Waals surface area (Å²) in [6, 6.07) is 0.0980. The predicted molar refractivity (Wildman–Crippen MR) is 56.9 cm³/mol. The Bertz CT molecular complexity index is 215. The molecule has 0 aromatic carbocycles. The largest absolute Gasteiger partial charge is 0.339 e. The lowest BCUT2D eigenvalue weighted by molar-refractivity contribution is -0.131. The van der Waals surface area contributed by atoms with Crippen LogP contribution in [0.2, 0.25) is 0 Å². The molecule has 1 rings (SSSR count). The van der Waals surface area contributed by atoms with Crippen LogP contribution in [-0.4, -0.2) is 55.0 Å². The molecule has 4 heteroatoms. The van der Waals surface area contributed by atoms with Gasteiger partial charge in [0, 0.05) is 19.1 Å². The van der Waals surface area contributed by atoms with E-state index >= 15 is 0 Å². The number of hydrogen-bond acceptors (Lipinski definition) is 3. The molecule has 0 radical (unpaired) electrons. The van der Waals surface area contributed by atoms with Crippen molar-refractivity contribution in [3.63, 3.8) is 0 Å². The summed E-state index contributed by atoms with van der Waals surface area (Å²) in [6.45, 7) is 5.58. The first-order valence-electron chi connectivity index (χ1n) is 5.14. The van der Waals surface area contributed by atoms with E-state index in [0.717, 1.165) is 13.1 Å². The fraction of sp³-hybridized carbons (Fsp3) is 0.900. The van der Waals surface area contributed by atoms with Gasteiger partial charge in [0.05, 0.1) is 6.04 Å². The molecule has 14 heavy (non-hydrogen) atoms. The lowest BCUT2D eigenvalue weighted by atomic mass is 10.1. The molecule has 1 amide bonds. The molecule has 1 fully saturated rings. The summed E-state index contributed by atoms with van der Waals surface area (Å²) >= 11 is 0. The summed E-state index contributed by atoms with van der Waals surface area (Å²) in [7, 11) is 4.11. The molecule has 1 aliphatic heterocycles. The van der Waals surface area contributed by atoms with E-state index in [-0.39, 0.29) is 11.9 Å². The van der Waals surface area contributed by atoms with Crippen molar-refractivity contribution in [2.45, 2.75) is 25.9 Å². The van der Waals surface area contributed by atoms with Crippen molar-refractivity contribution >= 4 is 5.91 Å². The monoisotopic (exact) mass is 199 g/mol. The molecule has 0 aromatic heterocycles. The molecule has 3 atom stereocenters. The van der Waals surface area contributed by atoms with Crippen molar-refractivity contribution in [3.8, 4) is 0 Å². The Morgan fingerprint density at radius 3 is 2.43 bits per heavy atom. The van der Waals surface area contributed by atoms with Gasteiger partial charge in [0.1, 0.15) is 0 Å². The number of amides is 1. The quantitative estimate of drug-likeness (QED) is 0.667. The SMILES string of the molecule is CC1CN(C(=O)[C@H](C)N)CC1N(C)C. The van der Waals surface area contributed by atoms with Gasteiger partial charge in [0.25, 0.3) is 0 Å². The van der Waals surface area contributed by atoms with Gasteiger partial charge in [-0.05, 0) is 26.9 Å². The van der Waals surface area contributed by atoms with Crippen molar-refractivity contribution in [2.24, 2.45) is 11.7 Å². The van der Waals surface area contributed by atoms with E-state index in [9.17, 15) is 4.79 Å². The van der Waals surface area contributed by atoms with Gasteiger partial charge in [-0.2, -0.15) is 0 Å². The minimum atomic E-state index is -0.372. The van der Waals surface area contributed by atoms with Gasteiger partial charge in [-0.15, -0.1) is 0 Å². The highest BCUT2D eigenvalue weighted by Crippen LogP contribution is 2.20. The molecule has 0 aromatic rings. The van der Waals surface area contributed by atoms with Crippen LogP contribution in [0, 0.1) is 5.92 Å². The normalized spacial score (nSPS) is 29.7. The van der Waals surface area contributed by atoms with E-state index in [1.54, 1.807) is 6.92 Å². The van der Waals surface area contributed by atoms with E-state index < -0.39 is 0 Å². The summed E-state index contributed by atoms with van der Waals surface area (Å²) in [4.78, 5) is 15.7. The molecule has 0 saturated carbocycles. The second-order valence-corrected chi connectivity index (χ2v) is 4.54. The highest BCUT2D eigenvalue weighted by Gasteiger charge is 2.34. The number of carbonyl (C=O) groups is 1. The van der Waals surface area contributed by atoms with Crippen LogP contribution in [0.1, 0.15) is 13.8 Å². The zero-order chi connectivity index (χ0) is 10.9. The van der Waals surface area contributed by atoms with Crippen LogP contribution >= 0.6 is 0 Å². The number of rotatable bonds is 2. The average Bonchev–Trinajstić information content (AvgIpc) is 2.45. The van der Waals surface area contributed by atoms with Crippen molar-refractivity contribution in [1.29, 1.82) is 0 Å². The number of nitrogens with two attached hydrogens (primary N) is 1. The van der Waals surface area contributed by atoms with Crippen LogP contribution in [-0.2, 0) is 4.79 Å². The number of hydrogen-bond donors (Lipinski definition) is 1. The molecular formula is C10H21N3O. The maximum absolute atomic E-state index is 11.6. The first kappa shape index (κ1) is 11.5. The number of carbonyl (C=O) groups excluding carboxylic acids is 1. The molecule has 0 spiro atoms. The topological polar surface area (TPSA) is 49.6 Å². The van der Waals surface area contributed by atoms with Gasteiger partial charge in [-0.25, -0.2) is 0 Å². The van der Waals surface area contributed by atoms with E-state index in [0.29, 0.717) is 12.0 Å². The van der Waals surface area contributed by atoms with Crippen molar-refractivity contribution in [1.82, 2.24) is 9.80 Å². The Morgan fingerprint density at radius 1 is 1.50 bits per heavy atom. The van der Waals surface area contributed by atoms with Crippen molar-refractivity contribution in [2.75, 3.05) is 27.2 Å². The minimum Gasteiger partial charge on any atom is -0.339 e. The van der Waals surface area contributed by atoms with Crippen LogP contribution in [0.5, 0.6) is 0 Å². The first-order chi connectivity index (χ1) is 6.43. The molecule has 1 heterocycles.